The molecule has 5 rings (SSSR count). The molecule has 1 aliphatic carbocycles. The predicted molar refractivity (Wildman–Crippen MR) is 140 cm³/mol. The van der Waals surface area contributed by atoms with Gasteiger partial charge in [0.05, 0.1) is 23.6 Å². The van der Waals surface area contributed by atoms with Gasteiger partial charge in [-0.1, -0.05) is 30.7 Å². The van der Waals surface area contributed by atoms with Crippen LogP contribution in [0.15, 0.2) is 30.3 Å². The molecular weight excluding hydrogens is 534 g/mol. The summed E-state index contributed by atoms with van der Waals surface area (Å²) in [6, 6.07) is 7.25. The Morgan fingerprint density at radius 3 is 2.44 bits per heavy atom. The topological polar surface area (TPSA) is 38.8 Å². The third kappa shape index (κ3) is 5.64. The lowest BCUT2D eigenvalue weighted by Gasteiger charge is -2.46. The zero-order valence-corrected chi connectivity index (χ0v) is 23.2. The summed E-state index contributed by atoms with van der Waals surface area (Å²) in [7, 11) is 1.42. The second-order valence-electron chi connectivity index (χ2n) is 11.4. The first-order chi connectivity index (χ1) is 18.4. The number of benzene rings is 2. The van der Waals surface area contributed by atoms with E-state index < -0.39 is 23.6 Å². The quantitative estimate of drug-likeness (QED) is 0.265. The summed E-state index contributed by atoms with van der Waals surface area (Å²) in [5, 5.41) is -0.266. The second-order valence-corrected chi connectivity index (χ2v) is 11.8. The molecular formula is C30H34ClF4NO3. The minimum atomic E-state index is -4.65. The maximum atomic E-state index is 14.3. The molecule has 2 fully saturated rings. The Balaban J connectivity index is 1.31. The minimum absolute atomic E-state index is 0.0875. The monoisotopic (exact) mass is 567 g/mol. The molecule has 1 saturated carbocycles. The molecule has 0 amide bonds. The SMILES string of the molecule is COC(=O)[C@H](C)[C@H](c1ccc2c(c1)OC1(CC2)CCN([C@H](C)c2cc(C(F)(F)F)cc(F)c2Cl)CC1)C1CC1. The average molecular weight is 568 g/mol. The van der Waals surface area contributed by atoms with Gasteiger partial charge < -0.3 is 9.47 Å². The highest BCUT2D eigenvalue weighted by molar-refractivity contribution is 6.31. The Labute approximate surface area is 231 Å². The number of aryl methyl sites for hydroxylation is 1. The van der Waals surface area contributed by atoms with Gasteiger partial charge in [0.2, 0.25) is 0 Å². The Morgan fingerprint density at radius 1 is 1.13 bits per heavy atom. The smallest absolute Gasteiger partial charge is 0.416 e. The van der Waals surface area contributed by atoms with Gasteiger partial charge in [0.1, 0.15) is 17.2 Å². The predicted octanol–water partition coefficient (Wildman–Crippen LogP) is 7.72. The van der Waals surface area contributed by atoms with Gasteiger partial charge in [0.15, 0.2) is 0 Å². The van der Waals surface area contributed by atoms with Gasteiger partial charge >= 0.3 is 12.1 Å². The molecule has 1 spiro atoms. The van der Waals surface area contributed by atoms with E-state index in [9.17, 15) is 22.4 Å². The molecule has 3 atom stereocenters. The van der Waals surface area contributed by atoms with Crippen molar-refractivity contribution in [1.29, 1.82) is 0 Å². The fraction of sp³-hybridized carbons (Fsp3) is 0.567. The molecule has 39 heavy (non-hydrogen) atoms. The Kier molecular flexibility index (Phi) is 7.66. The lowest BCUT2D eigenvalue weighted by atomic mass is 9.80. The Morgan fingerprint density at radius 2 is 1.82 bits per heavy atom. The highest BCUT2D eigenvalue weighted by Gasteiger charge is 2.43. The van der Waals surface area contributed by atoms with E-state index in [0.717, 1.165) is 48.6 Å². The van der Waals surface area contributed by atoms with Crippen molar-refractivity contribution < 1.29 is 31.8 Å². The van der Waals surface area contributed by atoms with E-state index in [-0.39, 0.29) is 34.0 Å². The fourth-order valence-electron chi connectivity index (χ4n) is 6.43. The Bertz CT molecular complexity index is 1240. The van der Waals surface area contributed by atoms with Crippen LogP contribution in [0, 0.1) is 17.7 Å². The van der Waals surface area contributed by atoms with Crippen LogP contribution in [0.25, 0.3) is 0 Å². The number of methoxy groups -OCH3 is 1. The third-order valence-corrected chi connectivity index (χ3v) is 9.38. The number of fused-ring (bicyclic) bond motifs is 1. The van der Waals surface area contributed by atoms with Gasteiger partial charge in [-0.05, 0) is 92.2 Å². The molecule has 9 heteroatoms. The van der Waals surface area contributed by atoms with Gasteiger partial charge in [0.25, 0.3) is 0 Å². The van der Waals surface area contributed by atoms with Gasteiger partial charge in [-0.25, -0.2) is 4.39 Å². The number of carbonyl (C=O) groups excluding carboxylic acids is 1. The fourth-order valence-corrected chi connectivity index (χ4v) is 6.70. The zero-order chi connectivity index (χ0) is 28.1. The van der Waals surface area contributed by atoms with Crippen molar-refractivity contribution in [3.63, 3.8) is 0 Å². The van der Waals surface area contributed by atoms with Gasteiger partial charge in [-0.15, -0.1) is 0 Å². The summed E-state index contributed by atoms with van der Waals surface area (Å²) in [5.41, 5.74) is 0.984. The third-order valence-electron chi connectivity index (χ3n) is 8.98. The van der Waals surface area contributed by atoms with E-state index in [4.69, 9.17) is 21.1 Å². The highest BCUT2D eigenvalue weighted by atomic mass is 35.5. The van der Waals surface area contributed by atoms with E-state index in [1.807, 2.05) is 11.8 Å². The first-order valence-corrected chi connectivity index (χ1v) is 14.0. The van der Waals surface area contributed by atoms with Crippen LogP contribution in [-0.2, 0) is 22.1 Å². The van der Waals surface area contributed by atoms with Crippen molar-refractivity contribution in [1.82, 2.24) is 4.90 Å². The molecule has 2 aliphatic heterocycles. The van der Waals surface area contributed by atoms with Crippen LogP contribution in [0.4, 0.5) is 17.6 Å². The van der Waals surface area contributed by atoms with Crippen molar-refractivity contribution in [3.05, 3.63) is 63.4 Å². The van der Waals surface area contributed by atoms with Crippen molar-refractivity contribution in [3.8, 4) is 5.75 Å². The second kappa shape index (κ2) is 10.6. The molecule has 0 N–H and O–H groups in total. The van der Waals surface area contributed by atoms with E-state index in [1.54, 1.807) is 6.92 Å². The van der Waals surface area contributed by atoms with E-state index in [2.05, 4.69) is 18.2 Å². The molecule has 0 bridgehead atoms. The maximum Gasteiger partial charge on any atom is 0.416 e. The lowest BCUT2D eigenvalue weighted by Crippen LogP contribution is -2.50. The average Bonchev–Trinajstić information content (AvgIpc) is 3.74. The number of carbonyl (C=O) groups is 1. The first kappa shape index (κ1) is 28.2. The summed E-state index contributed by atoms with van der Waals surface area (Å²) in [4.78, 5) is 14.4. The number of esters is 1. The maximum absolute atomic E-state index is 14.3. The molecule has 0 unspecified atom stereocenters. The van der Waals surface area contributed by atoms with E-state index in [1.165, 1.54) is 7.11 Å². The van der Waals surface area contributed by atoms with Crippen LogP contribution in [0.2, 0.25) is 5.02 Å². The van der Waals surface area contributed by atoms with E-state index in [0.29, 0.717) is 37.9 Å². The van der Waals surface area contributed by atoms with Crippen molar-refractivity contribution in [2.75, 3.05) is 20.2 Å². The van der Waals surface area contributed by atoms with Gasteiger partial charge in [-0.2, -0.15) is 13.2 Å². The largest absolute Gasteiger partial charge is 0.487 e. The number of hydrogen-bond acceptors (Lipinski definition) is 4. The van der Waals surface area contributed by atoms with Crippen LogP contribution in [0.3, 0.4) is 0 Å². The molecule has 0 radical (unpaired) electrons. The van der Waals surface area contributed by atoms with Crippen molar-refractivity contribution in [2.45, 2.75) is 76.1 Å². The highest BCUT2D eigenvalue weighted by Crippen LogP contribution is 2.49. The van der Waals surface area contributed by atoms with Gasteiger partial charge in [0, 0.05) is 19.1 Å². The number of likely N-dealkylation sites (tertiary alicyclic amines) is 1. The molecule has 4 nitrogen and oxygen atoms in total. The number of rotatable bonds is 6. The zero-order valence-electron chi connectivity index (χ0n) is 22.4. The standard InChI is InChI=1S/C30H34ClF4NO3/c1-17(28(37)38-3)26(20-5-6-20)21-7-4-19-8-9-29(39-25(19)14-21)10-12-36(13-11-29)18(2)23-15-22(30(33,34)35)16-24(32)27(23)31/h4,7,14-18,20,26H,5-6,8-13H2,1-3H3/t17-,18-,26+/m1/s1. The molecule has 1 saturated heterocycles. The summed E-state index contributed by atoms with van der Waals surface area (Å²) < 4.78 is 65.9. The van der Waals surface area contributed by atoms with Crippen molar-refractivity contribution in [2.24, 2.45) is 11.8 Å². The molecule has 212 valence electrons. The minimum Gasteiger partial charge on any atom is -0.487 e. The summed E-state index contributed by atoms with van der Waals surface area (Å²) in [5.74, 6) is -0.0992. The van der Waals surface area contributed by atoms with Crippen LogP contribution in [-0.4, -0.2) is 36.7 Å². The molecule has 2 aromatic rings. The normalized spacial score (nSPS) is 21.5. The van der Waals surface area contributed by atoms with Gasteiger partial charge in [-0.3, -0.25) is 9.69 Å². The molecule has 3 aliphatic rings. The number of hydrogen-bond donors (Lipinski definition) is 0. The first-order valence-electron chi connectivity index (χ1n) is 13.6. The number of halogens is 5. The summed E-state index contributed by atoms with van der Waals surface area (Å²) >= 11 is 6.12. The van der Waals surface area contributed by atoms with E-state index >= 15 is 0 Å². The molecule has 2 heterocycles. The van der Waals surface area contributed by atoms with Crippen molar-refractivity contribution >= 4 is 17.6 Å². The van der Waals surface area contributed by atoms with Crippen LogP contribution in [0.5, 0.6) is 5.75 Å². The van der Waals surface area contributed by atoms with Crippen LogP contribution >= 0.6 is 11.6 Å². The summed E-state index contributed by atoms with van der Waals surface area (Å²) in [6.07, 6.45) is 0.668. The summed E-state index contributed by atoms with van der Waals surface area (Å²) in [6.45, 7) is 4.88. The molecule has 0 aromatic heterocycles. The Hall–Kier alpha value is -2.32. The number of piperidine rings is 1. The number of nitrogens with zero attached hydrogens (tertiary/aromatic N) is 1. The lowest BCUT2D eigenvalue weighted by molar-refractivity contribution is -0.145. The van der Waals surface area contributed by atoms with Crippen LogP contribution < -0.4 is 4.74 Å². The van der Waals surface area contributed by atoms with Crippen LogP contribution in [0.1, 0.15) is 80.2 Å². The number of ether oxygens (including phenoxy) is 2. The number of alkyl halides is 3. The molecule has 2 aromatic carbocycles.